The summed E-state index contributed by atoms with van der Waals surface area (Å²) in [4.78, 5) is 20.0. The summed E-state index contributed by atoms with van der Waals surface area (Å²) in [5.74, 6) is -0.413. The summed E-state index contributed by atoms with van der Waals surface area (Å²) in [6.07, 6.45) is 0. The van der Waals surface area contributed by atoms with E-state index in [0.717, 1.165) is 24.3 Å². The molecule has 1 aromatic heterocycles. The number of halogens is 2. The number of fused-ring (bicyclic) bond motifs is 1. The number of benzene rings is 1. The molecule has 0 spiro atoms. The maximum Gasteiger partial charge on any atom is 0.225 e. The van der Waals surface area contributed by atoms with Gasteiger partial charge in [0.15, 0.2) is 5.13 Å². The van der Waals surface area contributed by atoms with Crippen molar-refractivity contribution in [1.82, 2.24) is 9.88 Å². The number of hydrogen-bond donors (Lipinski definition) is 0. The molecule has 22 heavy (non-hydrogen) atoms. The van der Waals surface area contributed by atoms with E-state index in [9.17, 15) is 9.18 Å². The van der Waals surface area contributed by atoms with Crippen molar-refractivity contribution >= 4 is 45.0 Å². The SMILES string of the molecule is CCN(CC)CCN(C(C)=O)c1nc2c(F)cccc2s1.Cl. The molecule has 0 aliphatic carbocycles. The maximum atomic E-state index is 13.7. The fourth-order valence-electron chi connectivity index (χ4n) is 2.19. The van der Waals surface area contributed by atoms with Gasteiger partial charge in [-0.05, 0) is 25.2 Å². The third-order valence-electron chi connectivity index (χ3n) is 3.50. The highest BCUT2D eigenvalue weighted by Gasteiger charge is 2.18. The van der Waals surface area contributed by atoms with E-state index in [4.69, 9.17) is 0 Å². The molecule has 1 aromatic carbocycles. The number of nitrogens with zero attached hydrogens (tertiary/aromatic N) is 3. The Balaban J connectivity index is 0.00000242. The highest BCUT2D eigenvalue weighted by Crippen LogP contribution is 2.30. The Labute approximate surface area is 140 Å². The van der Waals surface area contributed by atoms with E-state index in [1.54, 1.807) is 11.0 Å². The Morgan fingerprint density at radius 3 is 2.50 bits per heavy atom. The van der Waals surface area contributed by atoms with Gasteiger partial charge in [0, 0.05) is 20.0 Å². The Morgan fingerprint density at radius 1 is 1.27 bits per heavy atom. The minimum atomic E-state index is -0.345. The number of amides is 1. The molecule has 0 radical (unpaired) electrons. The van der Waals surface area contributed by atoms with Crippen molar-refractivity contribution in [2.24, 2.45) is 0 Å². The predicted molar refractivity (Wildman–Crippen MR) is 92.6 cm³/mol. The summed E-state index contributed by atoms with van der Waals surface area (Å²) >= 11 is 1.35. The molecular weight excluding hydrogens is 325 g/mol. The van der Waals surface area contributed by atoms with Crippen molar-refractivity contribution in [2.75, 3.05) is 31.1 Å². The van der Waals surface area contributed by atoms with Gasteiger partial charge in [-0.1, -0.05) is 31.3 Å². The van der Waals surface area contributed by atoms with E-state index in [-0.39, 0.29) is 24.1 Å². The second-order valence-electron chi connectivity index (χ2n) is 4.78. The van der Waals surface area contributed by atoms with E-state index in [1.807, 2.05) is 6.07 Å². The second-order valence-corrected chi connectivity index (χ2v) is 5.79. The molecule has 0 atom stereocenters. The first-order valence-corrected chi connectivity index (χ1v) is 7.94. The first-order valence-electron chi connectivity index (χ1n) is 7.12. The molecule has 1 amide bonds. The Bertz CT molecular complexity index is 630. The first kappa shape index (κ1) is 18.8. The van der Waals surface area contributed by atoms with E-state index in [1.165, 1.54) is 24.3 Å². The van der Waals surface area contributed by atoms with Gasteiger partial charge in [0.05, 0.1) is 4.70 Å². The smallest absolute Gasteiger partial charge is 0.225 e. The van der Waals surface area contributed by atoms with E-state index in [0.29, 0.717) is 17.2 Å². The van der Waals surface area contributed by atoms with Gasteiger partial charge in [-0.2, -0.15) is 0 Å². The number of thiazole rings is 1. The van der Waals surface area contributed by atoms with Gasteiger partial charge in [0.1, 0.15) is 11.3 Å². The Hall–Kier alpha value is -1.24. The van der Waals surface area contributed by atoms with Crippen LogP contribution >= 0.6 is 23.7 Å². The summed E-state index contributed by atoms with van der Waals surface area (Å²) in [5, 5.41) is 0.565. The monoisotopic (exact) mass is 345 g/mol. The predicted octanol–water partition coefficient (Wildman–Crippen LogP) is 3.55. The van der Waals surface area contributed by atoms with Gasteiger partial charge in [0.2, 0.25) is 5.91 Å². The van der Waals surface area contributed by atoms with Crippen molar-refractivity contribution in [3.8, 4) is 0 Å². The molecule has 0 aliphatic rings. The third-order valence-corrected chi connectivity index (χ3v) is 4.55. The molecule has 7 heteroatoms. The highest BCUT2D eigenvalue weighted by atomic mass is 35.5. The lowest BCUT2D eigenvalue weighted by Crippen LogP contribution is -2.37. The molecule has 2 aromatic rings. The number of anilines is 1. The van der Waals surface area contributed by atoms with Crippen LogP contribution in [0.3, 0.4) is 0 Å². The number of carbonyl (C=O) groups excluding carboxylic acids is 1. The topological polar surface area (TPSA) is 36.4 Å². The first-order chi connectivity index (χ1) is 10.1. The normalized spacial score (nSPS) is 10.8. The number of rotatable bonds is 6. The van der Waals surface area contributed by atoms with Crippen LogP contribution in [0.5, 0.6) is 0 Å². The zero-order valence-electron chi connectivity index (χ0n) is 13.0. The molecule has 1 heterocycles. The average molecular weight is 346 g/mol. The van der Waals surface area contributed by atoms with Crippen LogP contribution in [0, 0.1) is 5.82 Å². The van der Waals surface area contributed by atoms with Crippen LogP contribution in [-0.2, 0) is 4.79 Å². The zero-order valence-corrected chi connectivity index (χ0v) is 14.6. The van der Waals surface area contributed by atoms with Gasteiger partial charge in [-0.15, -0.1) is 12.4 Å². The van der Waals surface area contributed by atoms with Crippen LogP contribution in [-0.4, -0.2) is 42.0 Å². The zero-order chi connectivity index (χ0) is 15.4. The van der Waals surface area contributed by atoms with Gasteiger partial charge in [0.25, 0.3) is 0 Å². The fourth-order valence-corrected chi connectivity index (χ4v) is 3.24. The molecule has 122 valence electrons. The fraction of sp³-hybridized carbons (Fsp3) is 0.467. The lowest BCUT2D eigenvalue weighted by atomic mass is 10.3. The summed E-state index contributed by atoms with van der Waals surface area (Å²) in [7, 11) is 0. The largest absolute Gasteiger partial charge is 0.302 e. The lowest BCUT2D eigenvalue weighted by molar-refractivity contribution is -0.116. The van der Waals surface area contributed by atoms with Crippen molar-refractivity contribution in [3.63, 3.8) is 0 Å². The minimum absolute atomic E-state index is 0. The molecule has 0 saturated carbocycles. The Kier molecular flexibility index (Phi) is 7.19. The Morgan fingerprint density at radius 2 is 1.95 bits per heavy atom. The van der Waals surface area contributed by atoms with Crippen LogP contribution in [0.1, 0.15) is 20.8 Å². The van der Waals surface area contributed by atoms with Gasteiger partial charge in [-0.3, -0.25) is 9.69 Å². The van der Waals surface area contributed by atoms with E-state index in [2.05, 4.69) is 23.7 Å². The molecular formula is C15H21ClFN3OS. The molecule has 4 nitrogen and oxygen atoms in total. The molecule has 0 saturated heterocycles. The molecule has 0 N–H and O–H groups in total. The van der Waals surface area contributed by atoms with Crippen molar-refractivity contribution in [1.29, 1.82) is 0 Å². The van der Waals surface area contributed by atoms with Crippen molar-refractivity contribution in [2.45, 2.75) is 20.8 Å². The number of hydrogen-bond acceptors (Lipinski definition) is 4. The molecule has 0 unspecified atom stereocenters. The summed E-state index contributed by atoms with van der Waals surface area (Å²) in [6, 6.07) is 4.87. The number of para-hydroxylation sites is 1. The van der Waals surface area contributed by atoms with Crippen LogP contribution in [0.2, 0.25) is 0 Å². The molecule has 0 aliphatic heterocycles. The van der Waals surface area contributed by atoms with Crippen LogP contribution < -0.4 is 4.90 Å². The van der Waals surface area contributed by atoms with E-state index < -0.39 is 0 Å². The van der Waals surface area contributed by atoms with Gasteiger partial charge >= 0.3 is 0 Å². The number of likely N-dealkylation sites (N-methyl/N-ethyl adjacent to an activating group) is 1. The minimum Gasteiger partial charge on any atom is -0.302 e. The van der Waals surface area contributed by atoms with Gasteiger partial charge in [-0.25, -0.2) is 9.37 Å². The number of aromatic nitrogens is 1. The second kappa shape index (κ2) is 8.41. The van der Waals surface area contributed by atoms with Gasteiger partial charge < -0.3 is 4.90 Å². The third kappa shape index (κ3) is 4.15. The average Bonchev–Trinajstić information content (AvgIpc) is 2.88. The van der Waals surface area contributed by atoms with Crippen molar-refractivity contribution in [3.05, 3.63) is 24.0 Å². The molecule has 0 bridgehead atoms. The number of carbonyl (C=O) groups is 1. The summed E-state index contributed by atoms with van der Waals surface area (Å²) in [5.41, 5.74) is 0.339. The lowest BCUT2D eigenvalue weighted by Gasteiger charge is -2.23. The van der Waals surface area contributed by atoms with Crippen LogP contribution in [0.25, 0.3) is 10.2 Å². The highest BCUT2D eigenvalue weighted by molar-refractivity contribution is 7.22. The quantitative estimate of drug-likeness (QED) is 0.803. The summed E-state index contributed by atoms with van der Waals surface area (Å²) in [6.45, 7) is 8.94. The van der Waals surface area contributed by atoms with E-state index >= 15 is 0 Å². The maximum absolute atomic E-state index is 13.7. The summed E-state index contributed by atoms with van der Waals surface area (Å²) < 4.78 is 14.5. The molecule has 0 fully saturated rings. The molecule has 2 rings (SSSR count). The van der Waals surface area contributed by atoms with Crippen LogP contribution in [0.4, 0.5) is 9.52 Å². The van der Waals surface area contributed by atoms with Crippen molar-refractivity contribution < 1.29 is 9.18 Å². The standard InChI is InChI=1S/C15H20FN3OS.ClH/c1-4-18(5-2)9-10-19(11(3)20)15-17-14-12(16)7-6-8-13(14)21-15;/h6-8H,4-5,9-10H2,1-3H3;1H. The van der Waals surface area contributed by atoms with Crippen LogP contribution in [0.15, 0.2) is 18.2 Å².